The van der Waals surface area contributed by atoms with E-state index in [2.05, 4.69) is 15.0 Å². The van der Waals surface area contributed by atoms with Gasteiger partial charge >= 0.3 is 5.97 Å². The highest BCUT2D eigenvalue weighted by Crippen LogP contribution is 2.18. The number of hydrogen-bond donors (Lipinski definition) is 1. The van der Waals surface area contributed by atoms with Crippen LogP contribution in [0.1, 0.15) is 6.92 Å². The van der Waals surface area contributed by atoms with E-state index in [-0.39, 0.29) is 12.0 Å². The molecule has 0 saturated heterocycles. The van der Waals surface area contributed by atoms with Crippen molar-refractivity contribution in [3.05, 3.63) is 36.5 Å². The Morgan fingerprint density at radius 2 is 2.13 bits per heavy atom. The van der Waals surface area contributed by atoms with Gasteiger partial charge in [0.1, 0.15) is 18.4 Å². The molecule has 2 aromatic rings. The monoisotopic (exact) mass is 318 g/mol. The van der Waals surface area contributed by atoms with Crippen molar-refractivity contribution in [2.45, 2.75) is 13.0 Å². The standard InChI is InChI=1S/C17H22N2O4/c1-13(17(20)21-2)18-8-9-22-10-11-23-15-5-6-16-14(12-15)4-3-7-19-16/h3-7,12-13,18H,8-11H2,1-2H3. The van der Waals surface area contributed by atoms with E-state index < -0.39 is 0 Å². The van der Waals surface area contributed by atoms with Gasteiger partial charge in [0.05, 0.1) is 25.8 Å². The quantitative estimate of drug-likeness (QED) is 0.561. The molecule has 0 aliphatic heterocycles. The minimum atomic E-state index is -0.328. The minimum absolute atomic E-state index is 0.279. The minimum Gasteiger partial charge on any atom is -0.491 e. The summed E-state index contributed by atoms with van der Waals surface area (Å²) in [6.07, 6.45) is 1.77. The zero-order valence-electron chi connectivity index (χ0n) is 13.5. The Balaban J connectivity index is 1.60. The van der Waals surface area contributed by atoms with Crippen LogP contribution in [0, 0.1) is 0 Å². The average Bonchev–Trinajstić information content (AvgIpc) is 2.59. The van der Waals surface area contributed by atoms with E-state index in [0.717, 1.165) is 16.7 Å². The van der Waals surface area contributed by atoms with Gasteiger partial charge in [-0.05, 0) is 31.2 Å². The molecular formula is C17H22N2O4. The topological polar surface area (TPSA) is 69.7 Å². The van der Waals surface area contributed by atoms with Crippen molar-refractivity contribution >= 4 is 16.9 Å². The fourth-order valence-electron chi connectivity index (χ4n) is 2.07. The molecular weight excluding hydrogens is 296 g/mol. The zero-order valence-corrected chi connectivity index (χ0v) is 13.5. The highest BCUT2D eigenvalue weighted by molar-refractivity contribution is 5.79. The highest BCUT2D eigenvalue weighted by Gasteiger charge is 2.10. The SMILES string of the molecule is COC(=O)C(C)NCCOCCOc1ccc2ncccc2c1. The number of pyridine rings is 1. The Morgan fingerprint density at radius 3 is 2.96 bits per heavy atom. The molecule has 0 aliphatic carbocycles. The molecule has 1 heterocycles. The second-order valence-corrected chi connectivity index (χ2v) is 5.02. The lowest BCUT2D eigenvalue weighted by Gasteiger charge is -2.11. The Morgan fingerprint density at radius 1 is 1.26 bits per heavy atom. The van der Waals surface area contributed by atoms with E-state index in [1.807, 2.05) is 30.3 Å². The van der Waals surface area contributed by atoms with Crippen molar-refractivity contribution in [2.75, 3.05) is 33.5 Å². The smallest absolute Gasteiger partial charge is 0.322 e. The molecule has 0 aliphatic rings. The van der Waals surface area contributed by atoms with Crippen LogP contribution in [0.25, 0.3) is 10.9 Å². The number of methoxy groups -OCH3 is 1. The first-order valence-electron chi connectivity index (χ1n) is 7.57. The van der Waals surface area contributed by atoms with Gasteiger partial charge in [0.2, 0.25) is 0 Å². The molecule has 1 aromatic heterocycles. The molecule has 124 valence electrons. The summed E-state index contributed by atoms with van der Waals surface area (Å²) in [6, 6.07) is 9.36. The molecule has 0 amide bonds. The molecule has 0 radical (unpaired) electrons. The number of aromatic nitrogens is 1. The van der Waals surface area contributed by atoms with Gasteiger partial charge in [-0.3, -0.25) is 9.78 Å². The van der Waals surface area contributed by atoms with Crippen LogP contribution >= 0.6 is 0 Å². The van der Waals surface area contributed by atoms with Crippen molar-refractivity contribution in [1.29, 1.82) is 0 Å². The van der Waals surface area contributed by atoms with E-state index in [4.69, 9.17) is 9.47 Å². The maximum atomic E-state index is 11.2. The van der Waals surface area contributed by atoms with Gasteiger partial charge in [-0.15, -0.1) is 0 Å². The van der Waals surface area contributed by atoms with Crippen LogP contribution in [-0.2, 0) is 14.3 Å². The largest absolute Gasteiger partial charge is 0.491 e. The van der Waals surface area contributed by atoms with Crippen molar-refractivity contribution in [2.24, 2.45) is 0 Å². The molecule has 0 spiro atoms. The zero-order chi connectivity index (χ0) is 16.5. The Kier molecular flexibility index (Phi) is 6.77. The van der Waals surface area contributed by atoms with E-state index in [9.17, 15) is 4.79 Å². The van der Waals surface area contributed by atoms with E-state index in [1.165, 1.54) is 7.11 Å². The summed E-state index contributed by atoms with van der Waals surface area (Å²) in [6.45, 7) is 3.80. The van der Waals surface area contributed by atoms with E-state index in [0.29, 0.717) is 26.4 Å². The van der Waals surface area contributed by atoms with Crippen LogP contribution in [0.2, 0.25) is 0 Å². The van der Waals surface area contributed by atoms with Gasteiger partial charge in [-0.2, -0.15) is 0 Å². The number of esters is 1. The van der Waals surface area contributed by atoms with Crippen LogP contribution < -0.4 is 10.1 Å². The van der Waals surface area contributed by atoms with Crippen LogP contribution in [0.3, 0.4) is 0 Å². The van der Waals surface area contributed by atoms with Gasteiger partial charge < -0.3 is 19.5 Å². The second kappa shape index (κ2) is 9.07. The number of ether oxygens (including phenoxy) is 3. The highest BCUT2D eigenvalue weighted by atomic mass is 16.5. The van der Waals surface area contributed by atoms with Crippen LogP contribution in [0.4, 0.5) is 0 Å². The van der Waals surface area contributed by atoms with Gasteiger partial charge in [0.25, 0.3) is 0 Å². The van der Waals surface area contributed by atoms with E-state index >= 15 is 0 Å². The molecule has 1 N–H and O–H groups in total. The molecule has 1 unspecified atom stereocenters. The lowest BCUT2D eigenvalue weighted by molar-refractivity contribution is -0.142. The predicted molar refractivity (Wildman–Crippen MR) is 87.5 cm³/mol. The van der Waals surface area contributed by atoms with Crippen LogP contribution in [0.15, 0.2) is 36.5 Å². The molecule has 0 fully saturated rings. The number of nitrogens with zero attached hydrogens (tertiary/aromatic N) is 1. The van der Waals surface area contributed by atoms with Gasteiger partial charge in [0, 0.05) is 18.1 Å². The maximum Gasteiger partial charge on any atom is 0.322 e. The number of hydrogen-bond acceptors (Lipinski definition) is 6. The van der Waals surface area contributed by atoms with Crippen molar-refractivity contribution < 1.29 is 19.0 Å². The molecule has 0 bridgehead atoms. The number of rotatable bonds is 9. The number of fused-ring (bicyclic) bond motifs is 1. The van der Waals surface area contributed by atoms with Gasteiger partial charge in [0.15, 0.2) is 0 Å². The average molecular weight is 318 g/mol. The number of carbonyl (C=O) groups excluding carboxylic acids is 1. The molecule has 0 saturated carbocycles. The number of benzene rings is 1. The number of carbonyl (C=O) groups is 1. The lowest BCUT2D eigenvalue weighted by Crippen LogP contribution is -2.36. The van der Waals surface area contributed by atoms with Crippen LogP contribution in [0.5, 0.6) is 5.75 Å². The summed E-state index contributed by atoms with van der Waals surface area (Å²) in [5.41, 5.74) is 0.946. The third-order valence-corrected chi connectivity index (χ3v) is 3.32. The summed E-state index contributed by atoms with van der Waals surface area (Å²) >= 11 is 0. The molecule has 1 atom stereocenters. The third-order valence-electron chi connectivity index (χ3n) is 3.32. The fourth-order valence-corrected chi connectivity index (χ4v) is 2.07. The summed E-state index contributed by atoms with van der Waals surface area (Å²) < 4.78 is 15.7. The predicted octanol–water partition coefficient (Wildman–Crippen LogP) is 1.78. The first kappa shape index (κ1) is 17.2. The molecule has 6 nitrogen and oxygen atoms in total. The first-order valence-corrected chi connectivity index (χ1v) is 7.57. The maximum absolute atomic E-state index is 11.2. The Labute approximate surface area is 135 Å². The third kappa shape index (κ3) is 5.50. The number of nitrogens with one attached hydrogen (secondary N) is 1. The van der Waals surface area contributed by atoms with E-state index in [1.54, 1.807) is 13.1 Å². The van der Waals surface area contributed by atoms with Crippen molar-refractivity contribution in [1.82, 2.24) is 10.3 Å². The molecule has 23 heavy (non-hydrogen) atoms. The summed E-state index contributed by atoms with van der Waals surface area (Å²) in [7, 11) is 1.37. The van der Waals surface area contributed by atoms with Crippen LogP contribution in [-0.4, -0.2) is 50.5 Å². The van der Waals surface area contributed by atoms with Gasteiger partial charge in [-0.1, -0.05) is 6.07 Å². The Bertz CT molecular complexity index is 633. The van der Waals surface area contributed by atoms with Gasteiger partial charge in [-0.25, -0.2) is 0 Å². The fraction of sp³-hybridized carbons (Fsp3) is 0.412. The normalized spacial score (nSPS) is 12.1. The summed E-state index contributed by atoms with van der Waals surface area (Å²) in [4.78, 5) is 15.4. The van der Waals surface area contributed by atoms with Crippen molar-refractivity contribution in [3.63, 3.8) is 0 Å². The molecule has 2 rings (SSSR count). The summed E-state index contributed by atoms with van der Waals surface area (Å²) in [5.74, 6) is 0.519. The Hall–Kier alpha value is -2.18. The first-order chi connectivity index (χ1) is 11.2. The summed E-state index contributed by atoms with van der Waals surface area (Å²) in [5, 5.41) is 4.06. The molecule has 6 heteroatoms. The molecule has 1 aromatic carbocycles. The second-order valence-electron chi connectivity index (χ2n) is 5.02. The lowest BCUT2D eigenvalue weighted by atomic mass is 10.2. The van der Waals surface area contributed by atoms with Crippen molar-refractivity contribution in [3.8, 4) is 5.75 Å².